The smallest absolute Gasteiger partial charge is 0.260 e. The van der Waals surface area contributed by atoms with Gasteiger partial charge in [0.15, 0.2) is 11.5 Å². The molecule has 6 atom stereocenters. The van der Waals surface area contributed by atoms with Crippen molar-refractivity contribution in [3.63, 3.8) is 0 Å². The molecule has 13 nitrogen and oxygen atoms in total. The molecule has 2 saturated heterocycles. The molecule has 64 heavy (non-hydrogen) atoms. The van der Waals surface area contributed by atoms with Gasteiger partial charge in [-0.25, -0.2) is 0 Å². The van der Waals surface area contributed by atoms with E-state index >= 15 is 9.59 Å². The summed E-state index contributed by atoms with van der Waals surface area (Å²) < 4.78 is 11.7. The molecule has 9 rings (SSSR count). The quantitative estimate of drug-likeness (QED) is 0.0791. The second-order valence-corrected chi connectivity index (χ2v) is 18.2. The molecule has 5 aromatic carbocycles. The first-order valence-electron chi connectivity index (χ1n) is 20.4. The lowest BCUT2D eigenvalue weighted by atomic mass is 9.49. The summed E-state index contributed by atoms with van der Waals surface area (Å²) in [5.41, 5.74) is 5.56. The molecule has 4 amide bonds. The number of phenolic OH excluding ortho intramolecular Hbond substituents is 1. The molecule has 326 valence electrons. The summed E-state index contributed by atoms with van der Waals surface area (Å²) in [6.07, 6.45) is 2.12. The van der Waals surface area contributed by atoms with Crippen molar-refractivity contribution >= 4 is 91.2 Å². The van der Waals surface area contributed by atoms with Gasteiger partial charge in [0, 0.05) is 40.8 Å². The van der Waals surface area contributed by atoms with E-state index in [-0.39, 0.29) is 41.0 Å². The monoisotopic (exact) mass is 962 g/mol. The Morgan fingerprint density at radius 3 is 2.11 bits per heavy atom. The number of halogens is 3. The second-order valence-electron chi connectivity index (χ2n) is 16.4. The van der Waals surface area contributed by atoms with Crippen LogP contribution in [0.25, 0.3) is 0 Å². The Hall–Kier alpha value is -6.22. The van der Waals surface area contributed by atoms with Crippen LogP contribution >= 0.6 is 39.1 Å². The molecule has 5 aromatic rings. The van der Waals surface area contributed by atoms with Crippen molar-refractivity contribution in [3.8, 4) is 17.2 Å². The van der Waals surface area contributed by atoms with Gasteiger partial charge in [-0.1, -0.05) is 62.9 Å². The number of hydrogen-bond donors (Lipinski definition) is 2. The van der Waals surface area contributed by atoms with Crippen molar-refractivity contribution in [1.82, 2.24) is 5.01 Å². The third-order valence-electron chi connectivity index (χ3n) is 12.9. The number of methoxy groups -OCH3 is 2. The zero-order chi connectivity index (χ0) is 45.2. The Bertz CT molecular complexity index is 2790. The van der Waals surface area contributed by atoms with E-state index in [1.165, 1.54) is 25.2 Å². The number of phenols is 1. The van der Waals surface area contributed by atoms with Crippen LogP contribution in [0.5, 0.6) is 17.2 Å². The molecule has 2 heterocycles. The van der Waals surface area contributed by atoms with Crippen LogP contribution < -0.4 is 24.7 Å². The number of anilines is 3. The van der Waals surface area contributed by atoms with Crippen LogP contribution in [0, 0.1) is 23.7 Å². The van der Waals surface area contributed by atoms with Crippen LogP contribution in [0.1, 0.15) is 29.9 Å². The summed E-state index contributed by atoms with van der Waals surface area (Å²) in [6, 6.07) is 29.2. The average Bonchev–Trinajstić information content (AvgIpc) is 3.67. The Morgan fingerprint density at radius 2 is 1.48 bits per heavy atom. The third kappa shape index (κ3) is 6.99. The SMILES string of the molecule is COc1ccc(C23C(=O)N(Nc4ccc(Cl)cc4Cl)C(=O)C2CC2C(=CCC4C(=O)N(c5ccc(N=Nc6ccc(N(C)C)cc6)cc5)C(=O)C42)C3c2cc(Br)cc(OC)c2O)cc1. The highest BCUT2D eigenvalue weighted by atomic mass is 79.9. The number of amides is 4. The normalized spacial score (nSPS) is 23.8. The van der Waals surface area contributed by atoms with Gasteiger partial charge in [0.05, 0.1) is 65.2 Å². The number of rotatable bonds is 10. The average molecular weight is 965 g/mol. The molecule has 1 saturated carbocycles. The fourth-order valence-corrected chi connectivity index (χ4v) is 10.9. The van der Waals surface area contributed by atoms with E-state index in [1.54, 1.807) is 72.8 Å². The first-order valence-corrected chi connectivity index (χ1v) is 22.0. The molecule has 4 aliphatic rings. The van der Waals surface area contributed by atoms with Crippen LogP contribution in [0.15, 0.2) is 129 Å². The van der Waals surface area contributed by atoms with Gasteiger partial charge < -0.3 is 19.5 Å². The Labute approximate surface area is 387 Å². The van der Waals surface area contributed by atoms with Crippen molar-refractivity contribution in [1.29, 1.82) is 0 Å². The molecule has 2 aliphatic heterocycles. The first kappa shape index (κ1) is 43.1. The number of ether oxygens (including phenoxy) is 2. The summed E-state index contributed by atoms with van der Waals surface area (Å²) in [5, 5.41) is 22.3. The van der Waals surface area contributed by atoms with Gasteiger partial charge in [0.25, 0.3) is 11.8 Å². The lowest BCUT2D eigenvalue weighted by Gasteiger charge is -2.50. The highest BCUT2D eigenvalue weighted by Crippen LogP contribution is 2.65. The van der Waals surface area contributed by atoms with Crippen LogP contribution in [0.4, 0.5) is 28.4 Å². The van der Waals surface area contributed by atoms with E-state index in [0.29, 0.717) is 49.0 Å². The lowest BCUT2D eigenvalue weighted by molar-refractivity contribution is -0.138. The van der Waals surface area contributed by atoms with Gasteiger partial charge in [0.2, 0.25) is 11.8 Å². The first-order chi connectivity index (χ1) is 30.8. The molecule has 0 spiro atoms. The number of hydrazine groups is 1. The molecular weight excluding hydrogens is 923 g/mol. The van der Waals surface area contributed by atoms with Crippen LogP contribution in [-0.2, 0) is 24.6 Å². The van der Waals surface area contributed by atoms with E-state index < -0.39 is 52.7 Å². The molecule has 0 aromatic heterocycles. The lowest BCUT2D eigenvalue weighted by Crippen LogP contribution is -2.53. The fourth-order valence-electron chi connectivity index (χ4n) is 10.0. The summed E-state index contributed by atoms with van der Waals surface area (Å²) in [6.45, 7) is 0. The van der Waals surface area contributed by atoms with Gasteiger partial charge in [-0.15, -0.1) is 0 Å². The number of allylic oxidation sites excluding steroid dienone is 2. The van der Waals surface area contributed by atoms with Crippen LogP contribution in [-0.4, -0.2) is 62.1 Å². The topological polar surface area (TPSA) is 153 Å². The Balaban J connectivity index is 1.14. The molecular formula is C48H41BrCl2N6O7. The number of benzene rings is 5. The maximum atomic E-state index is 15.6. The number of fused-ring (bicyclic) bond motifs is 4. The van der Waals surface area contributed by atoms with E-state index in [0.717, 1.165) is 10.7 Å². The van der Waals surface area contributed by atoms with E-state index in [9.17, 15) is 14.7 Å². The number of imide groups is 2. The molecule has 3 fully saturated rings. The predicted octanol–water partition coefficient (Wildman–Crippen LogP) is 10.1. The minimum atomic E-state index is -1.70. The molecule has 2 N–H and O–H groups in total. The zero-order valence-corrected chi connectivity index (χ0v) is 38.1. The van der Waals surface area contributed by atoms with Crippen molar-refractivity contribution < 1.29 is 33.8 Å². The third-order valence-corrected chi connectivity index (χ3v) is 13.9. The number of carbonyl (C=O) groups is 4. The van der Waals surface area contributed by atoms with Crippen LogP contribution in [0.3, 0.4) is 0 Å². The molecule has 0 radical (unpaired) electrons. The van der Waals surface area contributed by atoms with Gasteiger partial charge in [0.1, 0.15) is 5.75 Å². The number of aromatic hydroxyl groups is 1. The van der Waals surface area contributed by atoms with Crippen LogP contribution in [0.2, 0.25) is 10.0 Å². The maximum Gasteiger partial charge on any atom is 0.260 e. The molecule has 2 aliphatic carbocycles. The largest absolute Gasteiger partial charge is 0.504 e. The predicted molar refractivity (Wildman–Crippen MR) is 247 cm³/mol. The number of nitrogens with zero attached hydrogens (tertiary/aromatic N) is 5. The number of hydrogen-bond acceptors (Lipinski definition) is 11. The molecule has 0 bridgehead atoms. The maximum absolute atomic E-state index is 15.6. The van der Waals surface area contributed by atoms with E-state index in [1.807, 2.05) is 49.3 Å². The van der Waals surface area contributed by atoms with Crippen molar-refractivity contribution in [2.75, 3.05) is 43.5 Å². The number of nitrogens with one attached hydrogen (secondary N) is 1. The number of azo groups is 1. The fraction of sp³-hybridized carbons (Fsp3) is 0.250. The minimum Gasteiger partial charge on any atom is -0.504 e. The summed E-state index contributed by atoms with van der Waals surface area (Å²) in [5.74, 6) is -6.05. The van der Waals surface area contributed by atoms with Crippen molar-refractivity contribution in [2.45, 2.75) is 24.2 Å². The number of carbonyl (C=O) groups excluding carboxylic acids is 4. The van der Waals surface area contributed by atoms with Gasteiger partial charge in [-0.2, -0.15) is 15.2 Å². The summed E-state index contributed by atoms with van der Waals surface area (Å²) in [7, 11) is 6.86. The van der Waals surface area contributed by atoms with Gasteiger partial charge in [-0.3, -0.25) is 29.5 Å². The minimum absolute atomic E-state index is 0.0280. The van der Waals surface area contributed by atoms with Gasteiger partial charge >= 0.3 is 0 Å². The highest BCUT2D eigenvalue weighted by molar-refractivity contribution is 9.10. The van der Waals surface area contributed by atoms with Crippen molar-refractivity contribution in [3.05, 3.63) is 140 Å². The second kappa shape index (κ2) is 16.7. The standard InChI is InChI=1S/C48H41BrCl2N6O7/c1-55(2)30-12-8-28(9-13-30)52-53-29-10-14-31(15-11-29)56-44(59)34-19-18-33-35(41(34)46(56)61)24-37-45(60)57(54-39-20-7-27(50)23-38(39)51)47(62)48(37,25-5-16-32(63-3)17-6-25)42(33)36-21-26(49)22-40(64-4)43(36)58/h5-18,20-23,34-35,37,41-42,54,58H,19,24H2,1-4H3. The Morgan fingerprint density at radius 1 is 0.812 bits per heavy atom. The summed E-state index contributed by atoms with van der Waals surface area (Å²) in [4.78, 5) is 63.3. The Kier molecular flexibility index (Phi) is 11.2. The molecule has 6 unspecified atom stereocenters. The summed E-state index contributed by atoms with van der Waals surface area (Å²) >= 11 is 16.4. The van der Waals surface area contributed by atoms with E-state index in [2.05, 4.69) is 31.6 Å². The van der Waals surface area contributed by atoms with Gasteiger partial charge in [-0.05, 0) is 115 Å². The zero-order valence-electron chi connectivity index (χ0n) is 35.0. The van der Waals surface area contributed by atoms with Crippen molar-refractivity contribution in [2.24, 2.45) is 33.9 Å². The highest BCUT2D eigenvalue weighted by Gasteiger charge is 2.71. The molecule has 16 heteroatoms. The van der Waals surface area contributed by atoms with E-state index in [4.69, 9.17) is 32.7 Å².